The number of likely N-dealkylation sites (tertiary alicyclic amines) is 1. The molecule has 5 atom stereocenters. The number of methoxy groups -OCH3 is 1. The number of aliphatic hydroxyl groups excluding tert-OH is 2. The first-order valence-electron chi connectivity index (χ1n) is 13.3. The van der Waals surface area contributed by atoms with Gasteiger partial charge in [0.2, 0.25) is 5.78 Å². The first kappa shape index (κ1) is 28.2. The van der Waals surface area contributed by atoms with Gasteiger partial charge in [-0.05, 0) is 58.3 Å². The number of Topliss-reactive ketones (excluding diaryl/α,β-unsaturated/α-hetero) is 1. The van der Waals surface area contributed by atoms with Crippen molar-refractivity contribution in [1.82, 2.24) is 9.80 Å². The zero-order chi connectivity index (χ0) is 29.3. The molecule has 12 heteroatoms. The Morgan fingerprint density at radius 2 is 2.02 bits per heavy atom. The van der Waals surface area contributed by atoms with Crippen LogP contribution in [-0.4, -0.2) is 99.7 Å². The maximum absolute atomic E-state index is 16.0. The number of hydrogen-bond acceptors (Lipinski definition) is 10. The summed E-state index contributed by atoms with van der Waals surface area (Å²) in [6.07, 6.45) is 1.78. The average molecular weight is 559 g/mol. The molecule has 0 unspecified atom stereocenters. The molecule has 0 radical (unpaired) electrons. The second-order valence-corrected chi connectivity index (χ2v) is 11.5. The van der Waals surface area contributed by atoms with Gasteiger partial charge in [-0.3, -0.25) is 19.4 Å². The lowest BCUT2D eigenvalue weighted by molar-refractivity contribution is -0.138. The summed E-state index contributed by atoms with van der Waals surface area (Å²) < 4.78 is 21.3. The summed E-state index contributed by atoms with van der Waals surface area (Å²) in [6.45, 7) is 1.49. The van der Waals surface area contributed by atoms with Crippen LogP contribution in [0.4, 0.5) is 4.39 Å². The van der Waals surface area contributed by atoms with Crippen molar-refractivity contribution in [2.24, 2.45) is 17.6 Å². The predicted octanol–water partition coefficient (Wildman–Crippen LogP) is 1.16. The van der Waals surface area contributed by atoms with Crippen molar-refractivity contribution in [2.75, 3.05) is 34.4 Å². The summed E-state index contributed by atoms with van der Waals surface area (Å²) in [5.41, 5.74) is 1.16. The van der Waals surface area contributed by atoms with Crippen LogP contribution in [0, 0.1) is 23.1 Å². The normalized spacial score (nSPS) is 30.6. The maximum Gasteiger partial charge on any atom is 0.254 e. The number of aromatic hydroxyl groups is 1. The number of halogens is 1. The molecule has 0 spiro atoms. The number of benzene rings is 1. The Morgan fingerprint density at radius 1 is 1.32 bits per heavy atom. The highest BCUT2D eigenvalue weighted by atomic mass is 19.1. The van der Waals surface area contributed by atoms with Crippen LogP contribution in [0.25, 0.3) is 5.76 Å². The maximum atomic E-state index is 16.0. The third-order valence-corrected chi connectivity index (χ3v) is 9.02. The number of ketones is 1. The number of carbonyl (C=O) groups excluding carboxylic acids is 2. The molecule has 216 valence electrons. The van der Waals surface area contributed by atoms with E-state index in [0.29, 0.717) is 6.61 Å². The van der Waals surface area contributed by atoms with E-state index in [1.807, 2.05) is 0 Å². The molecule has 0 bridgehead atoms. The van der Waals surface area contributed by atoms with Gasteiger partial charge in [0.25, 0.3) is 5.91 Å². The van der Waals surface area contributed by atoms with E-state index in [9.17, 15) is 30.0 Å². The number of phenolic OH excluding ortho intramolecular Hbond substituents is 1. The number of likely N-dealkylation sites (N-methyl/N-ethyl adjacent to an activating group) is 1. The van der Waals surface area contributed by atoms with Crippen LogP contribution in [0.3, 0.4) is 0 Å². The van der Waals surface area contributed by atoms with Gasteiger partial charge >= 0.3 is 0 Å². The topological polar surface area (TPSA) is 181 Å². The number of aliphatic hydroxyl groups is 3. The van der Waals surface area contributed by atoms with E-state index in [1.54, 1.807) is 21.2 Å². The monoisotopic (exact) mass is 558 g/mol. The molecule has 2 fully saturated rings. The molecule has 1 saturated carbocycles. The van der Waals surface area contributed by atoms with Crippen molar-refractivity contribution in [3.8, 4) is 5.75 Å². The Morgan fingerprint density at radius 3 is 2.65 bits per heavy atom. The van der Waals surface area contributed by atoms with Crippen LogP contribution in [0.2, 0.25) is 0 Å². The molecule has 1 aromatic rings. The Hall–Kier alpha value is -3.32. The lowest BCUT2D eigenvalue weighted by Crippen LogP contribution is -2.67. The van der Waals surface area contributed by atoms with Crippen molar-refractivity contribution in [2.45, 2.75) is 49.9 Å². The quantitative estimate of drug-likeness (QED) is 0.299. The molecule has 1 heterocycles. The fourth-order valence-electron chi connectivity index (χ4n) is 7.22. The Bertz CT molecular complexity index is 1370. The van der Waals surface area contributed by atoms with E-state index in [1.165, 1.54) is 11.0 Å². The van der Waals surface area contributed by atoms with E-state index in [-0.39, 0.29) is 47.7 Å². The number of carbonyl (C=O) groups is 2. The van der Waals surface area contributed by atoms with Gasteiger partial charge in [-0.2, -0.15) is 0 Å². The van der Waals surface area contributed by atoms with Crippen molar-refractivity contribution in [3.05, 3.63) is 45.5 Å². The largest absolute Gasteiger partial charge is 0.510 e. The Kier molecular flexibility index (Phi) is 7.02. The number of primary amides is 1. The van der Waals surface area contributed by atoms with E-state index >= 15 is 4.39 Å². The van der Waals surface area contributed by atoms with Gasteiger partial charge in [0, 0.05) is 42.3 Å². The minimum Gasteiger partial charge on any atom is -0.510 e. The van der Waals surface area contributed by atoms with E-state index < -0.39 is 69.5 Å². The van der Waals surface area contributed by atoms with Crippen LogP contribution in [0.1, 0.15) is 36.0 Å². The number of ether oxygens (including phenoxy) is 1. The highest BCUT2D eigenvalue weighted by Crippen LogP contribution is 2.52. The number of nitrogens with zero attached hydrogens (tertiary/aromatic N) is 2. The Balaban J connectivity index is 1.60. The number of phenols is 1. The molecular formula is C28H35FN4O7. The smallest absolute Gasteiger partial charge is 0.254 e. The van der Waals surface area contributed by atoms with Crippen LogP contribution in [-0.2, 0) is 27.3 Å². The molecule has 7 N–H and O–H groups in total. The van der Waals surface area contributed by atoms with Crippen LogP contribution in [0.15, 0.2) is 23.0 Å². The zero-order valence-electron chi connectivity index (χ0n) is 22.7. The third-order valence-electron chi connectivity index (χ3n) is 9.02. The first-order valence-corrected chi connectivity index (χ1v) is 13.3. The summed E-state index contributed by atoms with van der Waals surface area (Å²) >= 11 is 0. The van der Waals surface area contributed by atoms with Gasteiger partial charge in [-0.25, -0.2) is 4.39 Å². The lowest BCUT2D eigenvalue weighted by atomic mass is 9.57. The van der Waals surface area contributed by atoms with Gasteiger partial charge in [0.05, 0.1) is 23.9 Å². The summed E-state index contributed by atoms with van der Waals surface area (Å²) in [7, 11) is 4.77. The molecule has 1 saturated heterocycles. The molecule has 1 amide bonds. The highest BCUT2D eigenvalue weighted by Gasteiger charge is 2.63. The van der Waals surface area contributed by atoms with Crippen molar-refractivity contribution in [1.29, 1.82) is 5.41 Å². The SMILES string of the molecule is COC[C@H]1CCCN1Cc1cc(O)c2c(c1F)C[C@H]1C[C@H]3[C@H](N(C)C)C(O)=C(C(N)=O)C(=N)[C@@]3(O)C(=O)C1=C2O. The second kappa shape index (κ2) is 9.95. The Labute approximate surface area is 230 Å². The molecule has 3 aliphatic carbocycles. The van der Waals surface area contributed by atoms with Crippen LogP contribution in [0.5, 0.6) is 5.75 Å². The number of nitrogens with two attached hydrogens (primary N) is 1. The van der Waals surface area contributed by atoms with Crippen molar-refractivity contribution < 1.29 is 39.1 Å². The summed E-state index contributed by atoms with van der Waals surface area (Å²) in [5, 5.41) is 53.4. The standard InChI is InChI=1S/C28H35FN4O7/c1-32(2)22-16-8-12-7-15-19(17(34)9-13(21(15)29)10-33-6-4-5-14(33)11-40-3)23(35)18(12)26(37)28(16,39)25(30)20(24(22)36)27(31)38/h9,12,14,16,22,30,34-36,39H,4-8,10-11H2,1-3H3,(H2,31,38)/t12-,14+,16-,22-,28+/m0/s1. The molecular weight excluding hydrogens is 523 g/mol. The van der Waals surface area contributed by atoms with Gasteiger partial charge < -0.3 is 36.3 Å². The fourth-order valence-corrected chi connectivity index (χ4v) is 7.22. The molecule has 4 aliphatic rings. The van der Waals surface area contributed by atoms with Gasteiger partial charge in [-0.1, -0.05) is 0 Å². The minimum atomic E-state index is -2.58. The number of rotatable bonds is 6. The molecule has 40 heavy (non-hydrogen) atoms. The molecule has 1 aromatic carbocycles. The average Bonchev–Trinajstić information content (AvgIpc) is 3.30. The molecule has 0 aromatic heterocycles. The number of nitrogens with one attached hydrogen (secondary N) is 1. The number of hydrogen-bond donors (Lipinski definition) is 6. The number of fused-ring (bicyclic) bond motifs is 3. The van der Waals surface area contributed by atoms with Crippen molar-refractivity contribution in [3.63, 3.8) is 0 Å². The summed E-state index contributed by atoms with van der Waals surface area (Å²) in [4.78, 5) is 29.6. The molecule has 5 rings (SSSR count). The van der Waals surface area contributed by atoms with E-state index in [4.69, 9.17) is 15.9 Å². The zero-order valence-corrected chi connectivity index (χ0v) is 22.7. The second-order valence-electron chi connectivity index (χ2n) is 11.5. The first-order chi connectivity index (χ1) is 18.8. The predicted molar refractivity (Wildman–Crippen MR) is 142 cm³/mol. The lowest BCUT2D eigenvalue weighted by Gasteiger charge is -2.51. The number of amides is 1. The molecule has 11 nitrogen and oxygen atoms in total. The van der Waals surface area contributed by atoms with E-state index in [0.717, 1.165) is 19.4 Å². The van der Waals surface area contributed by atoms with Crippen LogP contribution >= 0.6 is 0 Å². The van der Waals surface area contributed by atoms with Gasteiger partial charge in [0.1, 0.15) is 28.7 Å². The summed E-state index contributed by atoms with van der Waals surface area (Å²) in [6, 6.07) is 0.314. The third kappa shape index (κ3) is 3.96. The summed E-state index contributed by atoms with van der Waals surface area (Å²) in [5.74, 6) is -6.27. The van der Waals surface area contributed by atoms with Gasteiger partial charge in [0.15, 0.2) is 5.60 Å². The van der Waals surface area contributed by atoms with E-state index in [2.05, 4.69) is 4.90 Å². The fraction of sp³-hybridized carbons (Fsp3) is 0.536. The minimum absolute atomic E-state index is 0.0190. The highest BCUT2D eigenvalue weighted by molar-refractivity contribution is 6.33. The van der Waals surface area contributed by atoms with Crippen LogP contribution < -0.4 is 5.73 Å². The van der Waals surface area contributed by atoms with Gasteiger partial charge in [-0.15, -0.1) is 0 Å². The van der Waals surface area contributed by atoms with Crippen molar-refractivity contribution >= 4 is 23.2 Å². The molecule has 1 aliphatic heterocycles.